The lowest BCUT2D eigenvalue weighted by molar-refractivity contribution is -0.140. The molecule has 208 valence electrons. The number of nitrogens with zero attached hydrogens (tertiary/aromatic N) is 2. The molecule has 0 saturated heterocycles. The Labute approximate surface area is 244 Å². The summed E-state index contributed by atoms with van der Waals surface area (Å²) in [5, 5.41) is 3.41. The van der Waals surface area contributed by atoms with Gasteiger partial charge in [-0.1, -0.05) is 95.5 Å². The summed E-state index contributed by atoms with van der Waals surface area (Å²) >= 11 is 9.83. The maximum atomic E-state index is 14.0. The molecule has 0 radical (unpaired) electrons. The molecule has 0 spiro atoms. The summed E-state index contributed by atoms with van der Waals surface area (Å²) in [4.78, 5) is 29.0. The Morgan fingerprint density at radius 2 is 1.69 bits per heavy atom. The molecule has 0 aliphatic heterocycles. The van der Waals surface area contributed by atoms with Gasteiger partial charge >= 0.3 is 0 Å². The summed E-state index contributed by atoms with van der Waals surface area (Å²) < 4.78 is 27.4. The summed E-state index contributed by atoms with van der Waals surface area (Å²) in [6.07, 6.45) is 3.01. The molecule has 2 amide bonds. The number of nitrogens with one attached hydrogen (secondary N) is 1. The van der Waals surface area contributed by atoms with Crippen LogP contribution in [0.4, 0.5) is 5.69 Å². The van der Waals surface area contributed by atoms with Crippen molar-refractivity contribution in [3.63, 3.8) is 0 Å². The van der Waals surface area contributed by atoms with E-state index in [0.29, 0.717) is 27.3 Å². The SMILES string of the molecule is CCCCNC(=O)C(Cc1ccccc1)N(Cc1ccccc1Cl)C(=O)CN(c1cccc(Br)c1)S(C)(=O)=O. The zero-order valence-electron chi connectivity index (χ0n) is 22.0. The van der Waals surface area contributed by atoms with Gasteiger partial charge in [-0.25, -0.2) is 8.42 Å². The molecule has 0 saturated carbocycles. The van der Waals surface area contributed by atoms with Crippen molar-refractivity contribution in [2.24, 2.45) is 0 Å². The lowest BCUT2D eigenvalue weighted by atomic mass is 10.0. The summed E-state index contributed by atoms with van der Waals surface area (Å²) in [7, 11) is -3.83. The highest BCUT2D eigenvalue weighted by Crippen LogP contribution is 2.24. The Bertz CT molecular complexity index is 1370. The fourth-order valence-electron chi connectivity index (χ4n) is 4.12. The van der Waals surface area contributed by atoms with Gasteiger partial charge in [0.1, 0.15) is 12.6 Å². The average Bonchev–Trinajstić information content (AvgIpc) is 2.90. The van der Waals surface area contributed by atoms with Gasteiger partial charge in [0.05, 0.1) is 11.9 Å². The van der Waals surface area contributed by atoms with Crippen LogP contribution in [0.15, 0.2) is 83.3 Å². The number of sulfonamides is 1. The minimum Gasteiger partial charge on any atom is -0.354 e. The van der Waals surface area contributed by atoms with Crippen LogP contribution < -0.4 is 9.62 Å². The number of benzene rings is 3. The molecule has 0 aliphatic rings. The second-order valence-corrected chi connectivity index (χ2v) is 12.4. The average molecular weight is 635 g/mol. The molecule has 0 heterocycles. The zero-order valence-corrected chi connectivity index (χ0v) is 25.2. The molecule has 0 fully saturated rings. The van der Waals surface area contributed by atoms with Crippen molar-refractivity contribution in [1.29, 1.82) is 0 Å². The molecule has 1 unspecified atom stereocenters. The highest BCUT2D eigenvalue weighted by atomic mass is 79.9. The quantitative estimate of drug-likeness (QED) is 0.254. The fraction of sp³-hybridized carbons (Fsp3) is 0.310. The van der Waals surface area contributed by atoms with Crippen LogP contribution in [0, 0.1) is 0 Å². The third-order valence-corrected chi connectivity index (χ3v) is 8.18. The van der Waals surface area contributed by atoms with Crippen LogP contribution in [0.3, 0.4) is 0 Å². The van der Waals surface area contributed by atoms with Gasteiger partial charge < -0.3 is 10.2 Å². The highest BCUT2D eigenvalue weighted by molar-refractivity contribution is 9.10. The van der Waals surface area contributed by atoms with Crippen LogP contribution in [0.2, 0.25) is 5.02 Å². The van der Waals surface area contributed by atoms with E-state index in [1.165, 1.54) is 4.90 Å². The molecule has 0 bridgehead atoms. The molecule has 3 aromatic rings. The van der Waals surface area contributed by atoms with E-state index >= 15 is 0 Å². The molecule has 39 heavy (non-hydrogen) atoms. The predicted octanol–water partition coefficient (Wildman–Crippen LogP) is 5.42. The standard InChI is InChI=1S/C29H33BrClN3O4S/c1-3-4-17-32-29(36)27(18-22-11-6-5-7-12-22)33(20-23-13-8-9-16-26(23)31)28(35)21-34(39(2,37)38)25-15-10-14-24(30)19-25/h5-16,19,27H,3-4,17-18,20-21H2,1-2H3,(H,32,36). The van der Waals surface area contributed by atoms with Gasteiger partial charge in [0.25, 0.3) is 0 Å². The number of halogens is 2. The van der Waals surface area contributed by atoms with Gasteiger partial charge in [-0.15, -0.1) is 0 Å². The second kappa shape index (κ2) is 14.5. The second-order valence-electron chi connectivity index (χ2n) is 9.21. The maximum absolute atomic E-state index is 14.0. The van der Waals surface area contributed by atoms with E-state index in [9.17, 15) is 18.0 Å². The number of anilines is 1. The highest BCUT2D eigenvalue weighted by Gasteiger charge is 2.33. The summed E-state index contributed by atoms with van der Waals surface area (Å²) in [5.74, 6) is -0.826. The van der Waals surface area contributed by atoms with E-state index in [0.717, 1.165) is 29.0 Å². The van der Waals surface area contributed by atoms with Crippen molar-refractivity contribution in [2.45, 2.75) is 38.8 Å². The van der Waals surface area contributed by atoms with Gasteiger partial charge in [-0.3, -0.25) is 13.9 Å². The molecule has 10 heteroatoms. The topological polar surface area (TPSA) is 86.8 Å². The Balaban J connectivity index is 2.04. The van der Waals surface area contributed by atoms with E-state index < -0.39 is 28.5 Å². The van der Waals surface area contributed by atoms with Crippen molar-refractivity contribution in [2.75, 3.05) is 23.7 Å². The maximum Gasteiger partial charge on any atom is 0.244 e. The molecule has 1 N–H and O–H groups in total. The van der Waals surface area contributed by atoms with E-state index in [-0.39, 0.29) is 18.9 Å². The Morgan fingerprint density at radius 1 is 1.00 bits per heavy atom. The number of unbranched alkanes of at least 4 members (excludes halogenated alkanes) is 1. The minimum absolute atomic E-state index is 0.0350. The monoisotopic (exact) mass is 633 g/mol. The number of hydrogen-bond acceptors (Lipinski definition) is 4. The normalized spacial score (nSPS) is 12.0. The Hall–Kier alpha value is -2.88. The van der Waals surface area contributed by atoms with E-state index in [4.69, 9.17) is 11.6 Å². The summed E-state index contributed by atoms with van der Waals surface area (Å²) in [6, 6.07) is 22.4. The van der Waals surface area contributed by atoms with Crippen LogP contribution in [-0.2, 0) is 32.6 Å². The van der Waals surface area contributed by atoms with Crippen molar-refractivity contribution in [1.82, 2.24) is 10.2 Å². The summed E-state index contributed by atoms with van der Waals surface area (Å²) in [5.41, 5.74) is 1.86. The smallest absolute Gasteiger partial charge is 0.244 e. The molecule has 1 atom stereocenters. The minimum atomic E-state index is -3.83. The molecular weight excluding hydrogens is 602 g/mol. The fourth-order valence-corrected chi connectivity index (χ4v) is 5.54. The molecule has 3 rings (SSSR count). The first-order valence-corrected chi connectivity index (χ1v) is 15.7. The predicted molar refractivity (Wildman–Crippen MR) is 160 cm³/mol. The molecular formula is C29H33BrClN3O4S. The number of amides is 2. The number of carbonyl (C=O) groups excluding carboxylic acids is 2. The van der Waals surface area contributed by atoms with Gasteiger partial charge in [0.2, 0.25) is 21.8 Å². The first-order valence-electron chi connectivity index (χ1n) is 12.7. The largest absolute Gasteiger partial charge is 0.354 e. The Morgan fingerprint density at radius 3 is 2.33 bits per heavy atom. The van der Waals surface area contributed by atoms with Crippen molar-refractivity contribution >= 4 is 55.1 Å². The van der Waals surface area contributed by atoms with E-state index in [1.807, 2.05) is 43.3 Å². The van der Waals surface area contributed by atoms with Crippen molar-refractivity contribution < 1.29 is 18.0 Å². The van der Waals surface area contributed by atoms with Crippen LogP contribution >= 0.6 is 27.5 Å². The third kappa shape index (κ3) is 9.08. The van der Waals surface area contributed by atoms with Gasteiger partial charge in [0, 0.05) is 29.0 Å². The van der Waals surface area contributed by atoms with Crippen LogP contribution in [0.1, 0.15) is 30.9 Å². The molecule has 0 aromatic heterocycles. The van der Waals surface area contributed by atoms with Crippen molar-refractivity contribution in [3.05, 3.63) is 99.5 Å². The zero-order chi connectivity index (χ0) is 28.4. The van der Waals surface area contributed by atoms with Crippen LogP contribution in [0.25, 0.3) is 0 Å². The number of carbonyl (C=O) groups is 2. The number of rotatable bonds is 13. The van der Waals surface area contributed by atoms with Crippen LogP contribution in [-0.4, -0.2) is 50.5 Å². The molecule has 3 aromatic carbocycles. The molecule has 7 nitrogen and oxygen atoms in total. The first-order chi connectivity index (χ1) is 18.6. The lowest BCUT2D eigenvalue weighted by Crippen LogP contribution is -2.53. The van der Waals surface area contributed by atoms with Crippen LogP contribution in [0.5, 0.6) is 0 Å². The van der Waals surface area contributed by atoms with Crippen molar-refractivity contribution in [3.8, 4) is 0 Å². The lowest BCUT2D eigenvalue weighted by Gasteiger charge is -2.33. The van der Waals surface area contributed by atoms with E-state index in [1.54, 1.807) is 42.5 Å². The number of hydrogen-bond donors (Lipinski definition) is 1. The van der Waals surface area contributed by atoms with E-state index in [2.05, 4.69) is 21.2 Å². The van der Waals surface area contributed by atoms with Gasteiger partial charge in [0.15, 0.2) is 0 Å². The first kappa shape index (κ1) is 30.7. The molecule has 0 aliphatic carbocycles. The van der Waals surface area contributed by atoms with Gasteiger partial charge in [-0.2, -0.15) is 0 Å². The van der Waals surface area contributed by atoms with Gasteiger partial charge in [-0.05, 0) is 41.8 Å². The Kier molecular flexibility index (Phi) is 11.4. The third-order valence-electron chi connectivity index (χ3n) is 6.17. The summed E-state index contributed by atoms with van der Waals surface area (Å²) in [6.45, 7) is 2.06.